The number of hydrogen-bond donors (Lipinski definition) is 0. The number of hydrogen-bond acceptors (Lipinski definition) is 0. The van der Waals surface area contributed by atoms with E-state index < -0.39 is 0 Å². The lowest BCUT2D eigenvalue weighted by Crippen LogP contribution is -1.86. The molecule has 0 saturated carbocycles. The first-order chi connectivity index (χ1) is 4.34. The Morgan fingerprint density at radius 3 is 2.89 bits per heavy atom. The number of rotatable bonds is 1. The van der Waals surface area contributed by atoms with Crippen LogP contribution in [0.3, 0.4) is 0 Å². The highest BCUT2D eigenvalue weighted by molar-refractivity contribution is 9.11. The first-order valence-corrected chi connectivity index (χ1v) is 4.18. The monoisotopic (exact) mass is 186 g/mol. The second-order valence-corrected chi connectivity index (χ2v) is 3.18. The molecule has 1 aliphatic carbocycles. The first-order valence-electron chi connectivity index (χ1n) is 3.38. The highest BCUT2D eigenvalue weighted by atomic mass is 79.9. The smallest absolute Gasteiger partial charge is 0.00145 e. The fourth-order valence-corrected chi connectivity index (χ4v) is 1.64. The average molecular weight is 187 g/mol. The number of halogens is 1. The summed E-state index contributed by atoms with van der Waals surface area (Å²) in [4.78, 5) is 0. The van der Waals surface area contributed by atoms with Gasteiger partial charge in [-0.1, -0.05) is 35.0 Å². The Kier molecular flexibility index (Phi) is 2.52. The van der Waals surface area contributed by atoms with Crippen LogP contribution in [-0.4, -0.2) is 0 Å². The summed E-state index contributed by atoms with van der Waals surface area (Å²) in [5.41, 5.74) is 1.46. The van der Waals surface area contributed by atoms with E-state index in [9.17, 15) is 0 Å². The van der Waals surface area contributed by atoms with Gasteiger partial charge in [-0.2, -0.15) is 0 Å². The van der Waals surface area contributed by atoms with Gasteiger partial charge in [0.25, 0.3) is 0 Å². The standard InChI is InChI=1S/C8H11Br/c1-2-7-5-3-4-6-8(7)9/h3,5H,2,4,6H2,1H3. The van der Waals surface area contributed by atoms with Crippen molar-refractivity contribution in [1.29, 1.82) is 0 Å². The third-order valence-corrected chi connectivity index (χ3v) is 2.48. The van der Waals surface area contributed by atoms with Crippen molar-refractivity contribution in [2.24, 2.45) is 0 Å². The van der Waals surface area contributed by atoms with Gasteiger partial charge in [0.15, 0.2) is 0 Å². The van der Waals surface area contributed by atoms with Crippen LogP contribution in [0, 0.1) is 0 Å². The van der Waals surface area contributed by atoms with E-state index in [0.29, 0.717) is 0 Å². The molecule has 0 unspecified atom stereocenters. The molecular weight excluding hydrogens is 176 g/mol. The molecule has 9 heavy (non-hydrogen) atoms. The molecule has 0 radical (unpaired) electrons. The van der Waals surface area contributed by atoms with Crippen LogP contribution in [0.1, 0.15) is 26.2 Å². The minimum atomic E-state index is 1.15. The van der Waals surface area contributed by atoms with Crippen LogP contribution < -0.4 is 0 Å². The highest BCUT2D eigenvalue weighted by Crippen LogP contribution is 2.25. The molecule has 0 aromatic rings. The maximum atomic E-state index is 3.54. The lowest BCUT2D eigenvalue weighted by atomic mass is 10.1. The third-order valence-electron chi connectivity index (χ3n) is 1.58. The van der Waals surface area contributed by atoms with Crippen molar-refractivity contribution in [3.63, 3.8) is 0 Å². The van der Waals surface area contributed by atoms with Gasteiger partial charge >= 0.3 is 0 Å². The van der Waals surface area contributed by atoms with Crippen molar-refractivity contribution in [1.82, 2.24) is 0 Å². The lowest BCUT2D eigenvalue weighted by molar-refractivity contribution is 0.973. The summed E-state index contributed by atoms with van der Waals surface area (Å²) in [5.74, 6) is 0. The molecule has 1 rings (SSSR count). The summed E-state index contributed by atoms with van der Waals surface area (Å²) in [7, 11) is 0. The number of allylic oxidation sites excluding steroid dienone is 4. The van der Waals surface area contributed by atoms with Crippen LogP contribution >= 0.6 is 15.9 Å². The minimum Gasteiger partial charge on any atom is -0.0839 e. The molecular formula is C8H11Br. The summed E-state index contributed by atoms with van der Waals surface area (Å²) in [6, 6.07) is 0. The van der Waals surface area contributed by atoms with Crippen molar-refractivity contribution in [2.75, 3.05) is 0 Å². The van der Waals surface area contributed by atoms with E-state index in [0.717, 1.165) is 6.42 Å². The molecule has 0 amide bonds. The van der Waals surface area contributed by atoms with E-state index in [1.165, 1.54) is 22.9 Å². The zero-order valence-corrected chi connectivity index (χ0v) is 7.24. The molecule has 0 saturated heterocycles. The van der Waals surface area contributed by atoms with Gasteiger partial charge in [-0.3, -0.25) is 0 Å². The second-order valence-electron chi connectivity index (χ2n) is 2.22. The quantitative estimate of drug-likeness (QED) is 0.590. The maximum Gasteiger partial charge on any atom is -0.00145 e. The predicted molar refractivity (Wildman–Crippen MR) is 44.6 cm³/mol. The minimum absolute atomic E-state index is 1.15. The van der Waals surface area contributed by atoms with Crippen LogP contribution in [0.4, 0.5) is 0 Å². The van der Waals surface area contributed by atoms with E-state index >= 15 is 0 Å². The molecule has 0 spiro atoms. The van der Waals surface area contributed by atoms with Gasteiger partial charge < -0.3 is 0 Å². The van der Waals surface area contributed by atoms with E-state index in [4.69, 9.17) is 0 Å². The fraction of sp³-hybridized carbons (Fsp3) is 0.500. The summed E-state index contributed by atoms with van der Waals surface area (Å²) >= 11 is 3.54. The van der Waals surface area contributed by atoms with E-state index in [1.807, 2.05) is 0 Å². The van der Waals surface area contributed by atoms with Gasteiger partial charge in [-0.15, -0.1) is 0 Å². The second kappa shape index (κ2) is 3.21. The molecule has 0 atom stereocenters. The van der Waals surface area contributed by atoms with Gasteiger partial charge in [-0.25, -0.2) is 0 Å². The van der Waals surface area contributed by atoms with Crippen molar-refractivity contribution in [3.8, 4) is 0 Å². The zero-order valence-electron chi connectivity index (χ0n) is 5.65. The molecule has 0 nitrogen and oxygen atoms in total. The average Bonchev–Trinajstić information content (AvgIpc) is 1.89. The zero-order chi connectivity index (χ0) is 6.69. The molecule has 50 valence electrons. The summed E-state index contributed by atoms with van der Waals surface area (Å²) in [5, 5.41) is 0. The molecule has 0 bridgehead atoms. The van der Waals surface area contributed by atoms with Crippen molar-refractivity contribution >= 4 is 15.9 Å². The van der Waals surface area contributed by atoms with Crippen molar-refractivity contribution in [3.05, 3.63) is 22.2 Å². The molecule has 0 aromatic heterocycles. The fourth-order valence-electron chi connectivity index (χ4n) is 0.996. The van der Waals surface area contributed by atoms with E-state index in [-0.39, 0.29) is 0 Å². The van der Waals surface area contributed by atoms with E-state index in [1.54, 1.807) is 0 Å². The topological polar surface area (TPSA) is 0 Å². The maximum absolute atomic E-state index is 3.54. The predicted octanol–water partition coefficient (Wildman–Crippen LogP) is 3.40. The molecule has 1 aliphatic rings. The lowest BCUT2D eigenvalue weighted by Gasteiger charge is -2.07. The Balaban J connectivity index is 2.72. The van der Waals surface area contributed by atoms with Crippen LogP contribution in [0.5, 0.6) is 0 Å². The Morgan fingerprint density at radius 1 is 1.67 bits per heavy atom. The first kappa shape index (κ1) is 7.07. The summed E-state index contributed by atoms with van der Waals surface area (Å²) in [6.45, 7) is 2.19. The van der Waals surface area contributed by atoms with Crippen molar-refractivity contribution < 1.29 is 0 Å². The van der Waals surface area contributed by atoms with Crippen LogP contribution in [0.15, 0.2) is 22.2 Å². The summed E-state index contributed by atoms with van der Waals surface area (Å²) < 4.78 is 1.40. The van der Waals surface area contributed by atoms with Crippen LogP contribution in [-0.2, 0) is 0 Å². The Bertz CT molecular complexity index is 154. The van der Waals surface area contributed by atoms with Gasteiger partial charge in [-0.05, 0) is 29.3 Å². The molecule has 0 aromatic carbocycles. The van der Waals surface area contributed by atoms with Gasteiger partial charge in [0.2, 0.25) is 0 Å². The third kappa shape index (κ3) is 1.68. The Labute approximate surface area is 64.8 Å². The highest BCUT2D eigenvalue weighted by Gasteiger charge is 2.01. The van der Waals surface area contributed by atoms with Crippen LogP contribution in [0.2, 0.25) is 0 Å². The molecule has 0 N–H and O–H groups in total. The normalized spacial score (nSPS) is 18.9. The molecule has 0 aliphatic heterocycles. The largest absolute Gasteiger partial charge is 0.0839 e. The van der Waals surface area contributed by atoms with Gasteiger partial charge in [0.05, 0.1) is 0 Å². The SMILES string of the molecule is CCC1=C(Br)CCC=C1. The Hall–Kier alpha value is -0.0400. The Morgan fingerprint density at radius 2 is 2.44 bits per heavy atom. The van der Waals surface area contributed by atoms with Crippen LogP contribution in [0.25, 0.3) is 0 Å². The molecule has 0 fully saturated rings. The summed E-state index contributed by atoms with van der Waals surface area (Å²) in [6.07, 6.45) is 8.00. The van der Waals surface area contributed by atoms with Gasteiger partial charge in [0.1, 0.15) is 0 Å². The van der Waals surface area contributed by atoms with Crippen molar-refractivity contribution in [2.45, 2.75) is 26.2 Å². The molecule has 0 heterocycles. The molecule has 1 heteroatoms. The van der Waals surface area contributed by atoms with E-state index in [2.05, 4.69) is 35.0 Å². The van der Waals surface area contributed by atoms with Gasteiger partial charge in [0, 0.05) is 0 Å².